The van der Waals surface area contributed by atoms with Crippen LogP contribution in [0.2, 0.25) is 0 Å². The maximum absolute atomic E-state index is 12.2. The summed E-state index contributed by atoms with van der Waals surface area (Å²) in [7, 11) is 3.24. The van der Waals surface area contributed by atoms with Gasteiger partial charge in [0.1, 0.15) is 11.5 Å². The van der Waals surface area contributed by atoms with Crippen molar-refractivity contribution in [1.82, 2.24) is 5.32 Å². The van der Waals surface area contributed by atoms with Gasteiger partial charge in [0.05, 0.1) is 25.3 Å². The Bertz CT molecular complexity index is 710. The molecule has 1 saturated heterocycles. The third-order valence-electron chi connectivity index (χ3n) is 5.00. The number of allylic oxidation sites excluding steroid dienone is 1. The lowest BCUT2D eigenvalue weighted by molar-refractivity contribution is -0.115. The molecule has 1 aromatic rings. The fraction of sp³-hybridized carbons (Fsp3) is 0.500. The number of nitrogens with one attached hydrogen (secondary N) is 1. The molecule has 2 heterocycles. The highest BCUT2D eigenvalue weighted by Crippen LogP contribution is 2.36. The van der Waals surface area contributed by atoms with Crippen molar-refractivity contribution >= 4 is 28.7 Å². The average molecular weight is 375 g/mol. The van der Waals surface area contributed by atoms with Gasteiger partial charge in [-0.1, -0.05) is 12.2 Å². The quantitative estimate of drug-likeness (QED) is 0.771. The molecule has 2 aliphatic rings. The lowest BCUT2D eigenvalue weighted by atomic mass is 9.90. The van der Waals surface area contributed by atoms with E-state index >= 15 is 0 Å². The van der Waals surface area contributed by atoms with Gasteiger partial charge in [0, 0.05) is 30.2 Å². The van der Waals surface area contributed by atoms with Gasteiger partial charge in [0.25, 0.3) is 0 Å². The molecule has 0 aliphatic carbocycles. The Morgan fingerprint density at radius 1 is 1.27 bits per heavy atom. The first-order valence-corrected chi connectivity index (χ1v) is 9.41. The largest absolute Gasteiger partial charge is 0.497 e. The van der Waals surface area contributed by atoms with Crippen molar-refractivity contribution in [2.45, 2.75) is 38.2 Å². The molecule has 1 fully saturated rings. The third kappa shape index (κ3) is 4.43. The van der Waals surface area contributed by atoms with Crippen LogP contribution in [0.25, 0.3) is 5.57 Å². The summed E-state index contributed by atoms with van der Waals surface area (Å²) in [5.41, 5.74) is 1.83. The Morgan fingerprint density at radius 2 is 2.12 bits per heavy atom. The third-order valence-corrected chi connectivity index (χ3v) is 5.44. The van der Waals surface area contributed by atoms with Crippen molar-refractivity contribution in [3.63, 3.8) is 0 Å². The molecule has 0 aromatic heterocycles. The molecule has 1 aromatic carbocycles. The summed E-state index contributed by atoms with van der Waals surface area (Å²) in [6, 6.07) is 5.64. The summed E-state index contributed by atoms with van der Waals surface area (Å²) >= 11 is 5.48. The highest BCUT2D eigenvalue weighted by Gasteiger charge is 2.26. The maximum atomic E-state index is 12.2. The van der Waals surface area contributed by atoms with Crippen molar-refractivity contribution in [2.75, 3.05) is 20.8 Å². The van der Waals surface area contributed by atoms with E-state index in [-0.39, 0.29) is 11.8 Å². The molecule has 140 valence electrons. The molecule has 0 saturated carbocycles. The zero-order valence-electron chi connectivity index (χ0n) is 15.2. The summed E-state index contributed by atoms with van der Waals surface area (Å²) in [6.07, 6.45) is 6.76. The standard InChI is InChI=1S/C20H25NO4S/c1-23-16-7-8-17(18(12-16)24-2)14-10-13(20(26)21-19(22)11-14)5-6-15-4-3-9-25-15/h7-8,11-13,15H,3-6,9-10H2,1-2H3,(H,21,22,26). The van der Waals surface area contributed by atoms with E-state index in [0.29, 0.717) is 23.3 Å². The average Bonchev–Trinajstić information content (AvgIpc) is 3.12. The Balaban J connectivity index is 1.81. The molecule has 6 heteroatoms. The molecule has 0 spiro atoms. The van der Waals surface area contributed by atoms with E-state index < -0.39 is 0 Å². The number of thiocarbonyl (C=S) groups is 1. The zero-order valence-corrected chi connectivity index (χ0v) is 16.1. The van der Waals surface area contributed by atoms with Crippen LogP contribution in [0.1, 0.15) is 37.7 Å². The van der Waals surface area contributed by atoms with Crippen LogP contribution in [0, 0.1) is 5.92 Å². The number of hydrogen-bond donors (Lipinski definition) is 1. The van der Waals surface area contributed by atoms with Crippen LogP contribution in [0.5, 0.6) is 11.5 Å². The number of rotatable bonds is 6. The fourth-order valence-corrected chi connectivity index (χ4v) is 3.88. The normalized spacial score (nSPS) is 23.2. The van der Waals surface area contributed by atoms with Crippen molar-refractivity contribution in [3.05, 3.63) is 29.8 Å². The summed E-state index contributed by atoms with van der Waals surface area (Å²) in [6.45, 7) is 0.852. The van der Waals surface area contributed by atoms with Gasteiger partial charge < -0.3 is 19.5 Å². The first-order valence-electron chi connectivity index (χ1n) is 9.00. The smallest absolute Gasteiger partial charge is 0.249 e. The molecule has 0 bridgehead atoms. The molecular formula is C20H25NO4S. The van der Waals surface area contributed by atoms with E-state index in [1.807, 2.05) is 18.2 Å². The molecule has 1 amide bonds. The van der Waals surface area contributed by atoms with Crippen molar-refractivity contribution in [1.29, 1.82) is 0 Å². The molecule has 2 atom stereocenters. The molecular weight excluding hydrogens is 350 g/mol. The molecule has 5 nitrogen and oxygen atoms in total. The minimum absolute atomic E-state index is 0.110. The van der Waals surface area contributed by atoms with Crippen LogP contribution < -0.4 is 14.8 Å². The Morgan fingerprint density at radius 3 is 2.81 bits per heavy atom. The SMILES string of the molecule is COc1ccc(C2=CC(=O)NC(=S)C(CCC3CCCO3)C2)c(OC)c1. The second-order valence-electron chi connectivity index (χ2n) is 6.70. The van der Waals surface area contributed by atoms with Gasteiger partial charge in [-0.05, 0) is 49.8 Å². The Kier molecular flexibility index (Phi) is 6.27. The van der Waals surface area contributed by atoms with E-state index in [4.69, 9.17) is 26.4 Å². The predicted octanol–water partition coefficient (Wildman–Crippen LogP) is 3.51. The second kappa shape index (κ2) is 8.64. The first-order chi connectivity index (χ1) is 12.6. The minimum atomic E-state index is -0.178. The molecule has 2 aliphatic heterocycles. The predicted molar refractivity (Wildman–Crippen MR) is 105 cm³/mol. The number of methoxy groups -OCH3 is 2. The van der Waals surface area contributed by atoms with Crippen molar-refractivity contribution in [3.8, 4) is 11.5 Å². The topological polar surface area (TPSA) is 56.8 Å². The van der Waals surface area contributed by atoms with Gasteiger partial charge in [-0.2, -0.15) is 0 Å². The number of ether oxygens (including phenoxy) is 3. The van der Waals surface area contributed by atoms with Gasteiger partial charge in [-0.25, -0.2) is 0 Å². The number of hydrogen-bond acceptors (Lipinski definition) is 5. The summed E-state index contributed by atoms with van der Waals surface area (Å²) in [4.78, 5) is 12.9. The van der Waals surface area contributed by atoms with Crippen molar-refractivity contribution in [2.24, 2.45) is 5.92 Å². The van der Waals surface area contributed by atoms with E-state index in [0.717, 1.165) is 49.2 Å². The lowest BCUT2D eigenvalue weighted by Gasteiger charge is -2.20. The maximum Gasteiger partial charge on any atom is 0.249 e. The van der Waals surface area contributed by atoms with Crippen LogP contribution in [0.3, 0.4) is 0 Å². The molecule has 0 radical (unpaired) electrons. The second-order valence-corrected chi connectivity index (χ2v) is 7.14. The number of carbonyl (C=O) groups is 1. The number of carbonyl (C=O) groups excluding carboxylic acids is 1. The number of benzene rings is 1. The highest BCUT2D eigenvalue weighted by molar-refractivity contribution is 7.80. The van der Waals surface area contributed by atoms with Gasteiger partial charge in [0.2, 0.25) is 5.91 Å². The van der Waals surface area contributed by atoms with E-state index in [2.05, 4.69) is 5.32 Å². The molecule has 26 heavy (non-hydrogen) atoms. The molecule has 2 unspecified atom stereocenters. The minimum Gasteiger partial charge on any atom is -0.497 e. The fourth-order valence-electron chi connectivity index (χ4n) is 3.58. The Hall–Kier alpha value is -1.92. The highest BCUT2D eigenvalue weighted by atomic mass is 32.1. The first kappa shape index (κ1) is 18.9. The van der Waals surface area contributed by atoms with Gasteiger partial charge in [-0.15, -0.1) is 0 Å². The van der Waals surface area contributed by atoms with Gasteiger partial charge >= 0.3 is 0 Å². The summed E-state index contributed by atoms with van der Waals surface area (Å²) in [5.74, 6) is 1.34. The summed E-state index contributed by atoms with van der Waals surface area (Å²) < 4.78 is 16.5. The van der Waals surface area contributed by atoms with Crippen LogP contribution >= 0.6 is 12.2 Å². The van der Waals surface area contributed by atoms with Gasteiger partial charge in [0.15, 0.2) is 0 Å². The van der Waals surface area contributed by atoms with E-state index in [9.17, 15) is 4.79 Å². The number of amides is 1. The van der Waals surface area contributed by atoms with E-state index in [1.54, 1.807) is 20.3 Å². The van der Waals surface area contributed by atoms with Crippen LogP contribution in [0.15, 0.2) is 24.3 Å². The monoisotopic (exact) mass is 375 g/mol. The van der Waals surface area contributed by atoms with Gasteiger partial charge in [-0.3, -0.25) is 4.79 Å². The van der Waals surface area contributed by atoms with E-state index in [1.165, 1.54) is 0 Å². The Labute approximate surface area is 159 Å². The van der Waals surface area contributed by atoms with Crippen LogP contribution in [0.4, 0.5) is 0 Å². The van der Waals surface area contributed by atoms with Crippen LogP contribution in [-0.2, 0) is 9.53 Å². The van der Waals surface area contributed by atoms with Crippen molar-refractivity contribution < 1.29 is 19.0 Å². The molecule has 1 N–H and O–H groups in total. The lowest BCUT2D eigenvalue weighted by Crippen LogP contribution is -2.31. The summed E-state index contributed by atoms with van der Waals surface area (Å²) in [5, 5.41) is 2.84. The zero-order chi connectivity index (χ0) is 18.5. The molecule has 3 rings (SSSR count). The van der Waals surface area contributed by atoms with Crippen LogP contribution in [-0.4, -0.2) is 37.8 Å².